The van der Waals surface area contributed by atoms with Crippen LogP contribution in [0.2, 0.25) is 0 Å². The van der Waals surface area contributed by atoms with Crippen molar-refractivity contribution in [2.24, 2.45) is 0 Å². The van der Waals surface area contributed by atoms with Crippen LogP contribution in [0.5, 0.6) is 5.75 Å². The van der Waals surface area contributed by atoms with E-state index in [1.807, 2.05) is 19.1 Å². The van der Waals surface area contributed by atoms with Gasteiger partial charge in [0.05, 0.1) is 11.1 Å². The first-order valence-corrected chi connectivity index (χ1v) is 6.77. The molecule has 19 heavy (non-hydrogen) atoms. The van der Waals surface area contributed by atoms with Crippen molar-refractivity contribution in [3.05, 3.63) is 63.9 Å². The van der Waals surface area contributed by atoms with Gasteiger partial charge < -0.3 is 9.84 Å². The van der Waals surface area contributed by atoms with Crippen LogP contribution in [0.15, 0.2) is 46.9 Å². The van der Waals surface area contributed by atoms with Crippen LogP contribution in [0.1, 0.15) is 24.2 Å². The molecule has 0 aliphatic rings. The lowest BCUT2D eigenvalue weighted by Gasteiger charge is -2.16. The fourth-order valence-electron chi connectivity index (χ4n) is 1.86. The van der Waals surface area contributed by atoms with E-state index >= 15 is 0 Å². The largest absolute Gasteiger partial charge is 0.493 e. The van der Waals surface area contributed by atoms with Gasteiger partial charge in [-0.1, -0.05) is 24.3 Å². The van der Waals surface area contributed by atoms with Gasteiger partial charge in [-0.15, -0.1) is 0 Å². The predicted octanol–water partition coefficient (Wildman–Crippen LogP) is 4.07. The molecule has 1 N–H and O–H groups in total. The second-order valence-corrected chi connectivity index (χ2v) is 4.90. The van der Waals surface area contributed by atoms with Crippen LogP contribution >= 0.6 is 15.9 Å². The maximum Gasteiger partial charge on any atom is 0.137 e. The third-order valence-electron chi connectivity index (χ3n) is 2.77. The Labute approximate surface area is 120 Å². The maximum atomic E-state index is 13.5. The lowest BCUT2D eigenvalue weighted by molar-refractivity contribution is 0.211. The van der Waals surface area contributed by atoms with E-state index in [1.165, 1.54) is 6.07 Å². The van der Waals surface area contributed by atoms with E-state index in [2.05, 4.69) is 15.9 Å². The topological polar surface area (TPSA) is 29.5 Å². The minimum atomic E-state index is -0.912. The molecule has 2 aromatic carbocycles. The molecule has 0 aromatic heterocycles. The molecule has 0 saturated heterocycles. The number of hydrogen-bond acceptors (Lipinski definition) is 2. The van der Waals surface area contributed by atoms with E-state index < -0.39 is 11.9 Å². The highest BCUT2D eigenvalue weighted by molar-refractivity contribution is 9.10. The molecule has 0 spiro atoms. The molecule has 1 unspecified atom stereocenters. The molecule has 0 bridgehead atoms. The molecule has 0 heterocycles. The standard InChI is InChI=1S/C15H14BrFO2/c1-2-19-14-6-4-3-5-11(14)15(18)10-7-8-12(16)13(17)9-10/h3-9,15,18H,2H2,1H3. The number of para-hydroxylation sites is 1. The van der Waals surface area contributed by atoms with Crippen LogP contribution in [0.4, 0.5) is 4.39 Å². The van der Waals surface area contributed by atoms with Crippen molar-refractivity contribution in [3.63, 3.8) is 0 Å². The number of aliphatic hydroxyl groups excluding tert-OH is 1. The summed E-state index contributed by atoms with van der Waals surface area (Å²) >= 11 is 3.09. The molecule has 100 valence electrons. The van der Waals surface area contributed by atoms with Gasteiger partial charge in [-0.25, -0.2) is 4.39 Å². The maximum absolute atomic E-state index is 13.5. The highest BCUT2D eigenvalue weighted by Crippen LogP contribution is 2.31. The highest BCUT2D eigenvalue weighted by Gasteiger charge is 2.16. The van der Waals surface area contributed by atoms with Crippen LogP contribution in [0.25, 0.3) is 0 Å². The molecule has 0 saturated carbocycles. The van der Waals surface area contributed by atoms with E-state index in [4.69, 9.17) is 4.74 Å². The third-order valence-corrected chi connectivity index (χ3v) is 3.42. The Hall–Kier alpha value is -1.39. The van der Waals surface area contributed by atoms with Crippen LogP contribution in [0.3, 0.4) is 0 Å². The summed E-state index contributed by atoms with van der Waals surface area (Å²) in [4.78, 5) is 0. The molecule has 4 heteroatoms. The normalized spacial score (nSPS) is 12.2. The summed E-state index contributed by atoms with van der Waals surface area (Å²) in [5, 5.41) is 10.4. The van der Waals surface area contributed by atoms with Crippen molar-refractivity contribution in [1.29, 1.82) is 0 Å². The SMILES string of the molecule is CCOc1ccccc1C(O)c1ccc(Br)c(F)c1. The summed E-state index contributed by atoms with van der Waals surface area (Å²) in [6, 6.07) is 11.8. The second-order valence-electron chi connectivity index (χ2n) is 4.05. The van der Waals surface area contributed by atoms with E-state index in [1.54, 1.807) is 24.3 Å². The van der Waals surface area contributed by atoms with Crippen LogP contribution in [-0.2, 0) is 0 Å². The van der Waals surface area contributed by atoms with Crippen LogP contribution < -0.4 is 4.74 Å². The van der Waals surface area contributed by atoms with Crippen molar-refractivity contribution in [2.45, 2.75) is 13.0 Å². The Morgan fingerprint density at radius 3 is 2.68 bits per heavy atom. The summed E-state index contributed by atoms with van der Waals surface area (Å²) in [6.07, 6.45) is -0.912. The molecule has 0 amide bonds. The summed E-state index contributed by atoms with van der Waals surface area (Å²) in [7, 11) is 0. The van der Waals surface area contributed by atoms with Gasteiger partial charge in [-0.05, 0) is 46.6 Å². The number of rotatable bonds is 4. The lowest BCUT2D eigenvalue weighted by Crippen LogP contribution is -2.04. The molecular weight excluding hydrogens is 311 g/mol. The Kier molecular flexibility index (Phi) is 4.56. The molecule has 2 aromatic rings. The Morgan fingerprint density at radius 1 is 1.26 bits per heavy atom. The van der Waals surface area contributed by atoms with Crippen molar-refractivity contribution in [3.8, 4) is 5.75 Å². The van der Waals surface area contributed by atoms with Gasteiger partial charge in [0.15, 0.2) is 0 Å². The fourth-order valence-corrected chi connectivity index (χ4v) is 2.10. The summed E-state index contributed by atoms with van der Waals surface area (Å²) < 4.78 is 19.4. The van der Waals surface area contributed by atoms with Gasteiger partial charge in [0.2, 0.25) is 0 Å². The first kappa shape index (κ1) is 14.0. The predicted molar refractivity (Wildman–Crippen MR) is 75.8 cm³/mol. The quantitative estimate of drug-likeness (QED) is 0.918. The van der Waals surface area contributed by atoms with E-state index in [-0.39, 0.29) is 0 Å². The molecular formula is C15H14BrFO2. The number of hydrogen-bond donors (Lipinski definition) is 1. The van der Waals surface area contributed by atoms with E-state index in [0.717, 1.165) is 0 Å². The zero-order chi connectivity index (χ0) is 13.8. The molecule has 1 atom stereocenters. The summed E-state index contributed by atoms with van der Waals surface area (Å²) in [5.74, 6) is 0.214. The summed E-state index contributed by atoms with van der Waals surface area (Å²) in [5.41, 5.74) is 1.12. The van der Waals surface area contributed by atoms with Crippen LogP contribution in [-0.4, -0.2) is 11.7 Å². The minimum absolute atomic E-state index is 0.376. The van der Waals surface area contributed by atoms with Crippen molar-refractivity contribution >= 4 is 15.9 Å². The zero-order valence-electron chi connectivity index (χ0n) is 10.4. The van der Waals surface area contributed by atoms with Crippen molar-refractivity contribution < 1.29 is 14.2 Å². The van der Waals surface area contributed by atoms with Gasteiger partial charge in [0.1, 0.15) is 17.7 Å². The fraction of sp³-hybridized carbons (Fsp3) is 0.200. The Morgan fingerprint density at radius 2 is 2.00 bits per heavy atom. The van der Waals surface area contributed by atoms with Crippen molar-refractivity contribution in [1.82, 2.24) is 0 Å². The Balaban J connectivity index is 2.37. The molecule has 0 radical (unpaired) electrons. The van der Waals surface area contributed by atoms with Gasteiger partial charge in [0.25, 0.3) is 0 Å². The molecule has 2 rings (SSSR count). The zero-order valence-corrected chi connectivity index (χ0v) is 12.0. The Bertz CT molecular complexity index is 572. The first-order valence-electron chi connectivity index (χ1n) is 5.98. The van der Waals surface area contributed by atoms with E-state index in [9.17, 15) is 9.50 Å². The third kappa shape index (κ3) is 3.14. The van der Waals surface area contributed by atoms with Crippen LogP contribution in [0, 0.1) is 5.82 Å². The molecule has 0 fully saturated rings. The number of benzene rings is 2. The molecule has 2 nitrogen and oxygen atoms in total. The average molecular weight is 325 g/mol. The first-order chi connectivity index (χ1) is 9.13. The average Bonchev–Trinajstić information content (AvgIpc) is 2.42. The number of ether oxygens (including phenoxy) is 1. The lowest BCUT2D eigenvalue weighted by atomic mass is 10.0. The van der Waals surface area contributed by atoms with E-state index in [0.29, 0.717) is 28.0 Å². The highest BCUT2D eigenvalue weighted by atomic mass is 79.9. The minimum Gasteiger partial charge on any atom is -0.493 e. The molecule has 0 aliphatic carbocycles. The summed E-state index contributed by atoms with van der Waals surface area (Å²) in [6.45, 7) is 2.39. The number of aliphatic hydroxyl groups is 1. The van der Waals surface area contributed by atoms with Gasteiger partial charge in [0, 0.05) is 5.56 Å². The second kappa shape index (κ2) is 6.17. The monoisotopic (exact) mass is 324 g/mol. The number of halogens is 2. The van der Waals surface area contributed by atoms with Gasteiger partial charge >= 0.3 is 0 Å². The molecule has 0 aliphatic heterocycles. The smallest absolute Gasteiger partial charge is 0.137 e. The van der Waals surface area contributed by atoms with Gasteiger partial charge in [-0.3, -0.25) is 0 Å². The van der Waals surface area contributed by atoms with Gasteiger partial charge in [-0.2, -0.15) is 0 Å². The van der Waals surface area contributed by atoms with Crippen molar-refractivity contribution in [2.75, 3.05) is 6.61 Å².